The largest absolute Gasteiger partial charge is 1.00 e. The van der Waals surface area contributed by atoms with Crippen molar-refractivity contribution in [3.63, 3.8) is 0 Å². The molecule has 40 heavy (non-hydrogen) atoms. The maximum atomic E-state index is 13.5. The number of carbonyl (C=O) groups excluding carboxylic acids is 1. The van der Waals surface area contributed by atoms with E-state index in [-0.39, 0.29) is 62.2 Å². The fraction of sp³-hybridized carbons (Fsp3) is 0.148. The number of fused-ring (bicyclic) bond motifs is 1. The van der Waals surface area contributed by atoms with Gasteiger partial charge in [0.1, 0.15) is 16.3 Å². The number of hydrogen-bond donors (Lipinski definition) is 2. The standard InChI is InChI=1S/C27H23Cl2N3O6S.Na/c1-3-15-12-23(24(14-20(15)28)39(35,36)37)31-32-25-18-8-6-5-7-16(18)11-19(26(25)33)27(34)30-22-10-9-17(38-4-2)13-21(22)29;/h5-14,33H,3-4H2,1-2H3,(H,30,34)(H,35,36,37);/q;+1/p-1. The summed E-state index contributed by atoms with van der Waals surface area (Å²) in [6.07, 6.45) is 0.451. The fourth-order valence-corrected chi connectivity index (χ4v) is 5.08. The van der Waals surface area contributed by atoms with Crippen molar-refractivity contribution in [2.24, 2.45) is 10.2 Å². The number of benzene rings is 4. The maximum Gasteiger partial charge on any atom is 1.00 e. The Hall–Kier alpha value is -2.70. The van der Waals surface area contributed by atoms with Gasteiger partial charge in [-0.25, -0.2) is 0 Å². The molecule has 0 fully saturated rings. The first-order valence-electron chi connectivity index (χ1n) is 11.7. The van der Waals surface area contributed by atoms with Crippen molar-refractivity contribution in [2.75, 3.05) is 11.9 Å². The predicted octanol–water partition coefficient (Wildman–Crippen LogP) is 4.10. The molecule has 4 aromatic carbocycles. The second kappa shape index (κ2) is 13.3. The molecular formula is C27H22Cl2N3NaO6S. The molecule has 9 nitrogen and oxygen atoms in total. The molecule has 0 saturated carbocycles. The van der Waals surface area contributed by atoms with Gasteiger partial charge in [-0.05, 0) is 54.6 Å². The Labute approximate surface area is 263 Å². The summed E-state index contributed by atoms with van der Waals surface area (Å²) in [5.74, 6) is -0.946. The number of anilines is 1. The molecule has 0 heterocycles. The van der Waals surface area contributed by atoms with Gasteiger partial charge in [-0.3, -0.25) is 9.35 Å². The number of hydrogen-bond acceptors (Lipinski definition) is 7. The van der Waals surface area contributed by atoms with E-state index >= 15 is 0 Å². The van der Waals surface area contributed by atoms with Crippen LogP contribution in [0, 0.1) is 0 Å². The van der Waals surface area contributed by atoms with Gasteiger partial charge in [0.2, 0.25) is 0 Å². The number of halogens is 2. The molecule has 0 unspecified atom stereocenters. The van der Waals surface area contributed by atoms with E-state index < -0.39 is 26.7 Å². The quantitative estimate of drug-likeness (QED) is 0.175. The molecule has 4 rings (SSSR count). The van der Waals surface area contributed by atoms with Crippen LogP contribution >= 0.6 is 23.2 Å². The van der Waals surface area contributed by atoms with E-state index in [9.17, 15) is 22.9 Å². The van der Waals surface area contributed by atoms with Crippen LogP contribution in [0.4, 0.5) is 17.1 Å². The van der Waals surface area contributed by atoms with Gasteiger partial charge in [0, 0.05) is 22.0 Å². The Morgan fingerprint density at radius 1 is 1.02 bits per heavy atom. The third kappa shape index (κ3) is 6.95. The van der Waals surface area contributed by atoms with E-state index in [2.05, 4.69) is 15.5 Å². The first-order chi connectivity index (χ1) is 18.5. The summed E-state index contributed by atoms with van der Waals surface area (Å²) >= 11 is 12.4. The van der Waals surface area contributed by atoms with Gasteiger partial charge in [-0.1, -0.05) is 60.1 Å². The van der Waals surface area contributed by atoms with Gasteiger partial charge in [-0.2, -0.15) is 13.5 Å². The van der Waals surface area contributed by atoms with E-state index in [4.69, 9.17) is 27.9 Å². The normalized spacial score (nSPS) is 11.4. The molecule has 0 aliphatic heterocycles. The minimum Gasteiger partial charge on any atom is -0.870 e. The van der Waals surface area contributed by atoms with Crippen molar-refractivity contribution in [2.45, 2.75) is 25.2 Å². The molecule has 0 spiro atoms. The van der Waals surface area contributed by atoms with Crippen LogP contribution in [0.5, 0.6) is 11.5 Å². The predicted molar refractivity (Wildman–Crippen MR) is 149 cm³/mol. The van der Waals surface area contributed by atoms with Crippen molar-refractivity contribution in [1.82, 2.24) is 0 Å². The van der Waals surface area contributed by atoms with Gasteiger partial charge in [0.05, 0.1) is 23.0 Å². The van der Waals surface area contributed by atoms with E-state index in [1.807, 2.05) is 6.92 Å². The summed E-state index contributed by atoms with van der Waals surface area (Å²) < 4.78 is 39.0. The van der Waals surface area contributed by atoms with E-state index in [1.54, 1.807) is 49.4 Å². The van der Waals surface area contributed by atoms with Crippen LogP contribution in [0.1, 0.15) is 29.8 Å². The van der Waals surface area contributed by atoms with Gasteiger partial charge < -0.3 is 15.2 Å². The second-order valence-electron chi connectivity index (χ2n) is 8.29. The van der Waals surface area contributed by atoms with Gasteiger partial charge in [0.25, 0.3) is 16.0 Å². The first-order valence-corrected chi connectivity index (χ1v) is 13.9. The van der Waals surface area contributed by atoms with Gasteiger partial charge in [0.15, 0.2) is 0 Å². The molecule has 0 aliphatic rings. The zero-order valence-corrected chi connectivity index (χ0v) is 26.1. The number of carbonyl (C=O) groups is 1. The zero-order chi connectivity index (χ0) is 28.3. The number of ether oxygens (including phenoxy) is 1. The smallest absolute Gasteiger partial charge is 0.870 e. The van der Waals surface area contributed by atoms with Crippen LogP contribution in [0.15, 0.2) is 75.8 Å². The molecular weight excluding hydrogens is 588 g/mol. The van der Waals surface area contributed by atoms with Crippen molar-refractivity contribution in [3.8, 4) is 11.5 Å². The SMILES string of the molecule is CCOc1ccc(NC(=O)c2cc3ccccc3c(N=Nc3cc(CC)c(Cl)cc3S(=O)(=O)O)c2[O-])c(Cl)c1.[Na+]. The molecule has 0 atom stereocenters. The van der Waals surface area contributed by atoms with Crippen molar-refractivity contribution in [1.29, 1.82) is 0 Å². The molecule has 0 radical (unpaired) electrons. The molecule has 0 aliphatic carbocycles. The third-order valence-electron chi connectivity index (χ3n) is 5.76. The number of rotatable bonds is 8. The molecule has 1 amide bonds. The number of aryl methyl sites for hydroxylation is 1. The van der Waals surface area contributed by atoms with Crippen molar-refractivity contribution < 1.29 is 57.2 Å². The number of azo groups is 1. The van der Waals surface area contributed by atoms with Crippen LogP contribution in [-0.2, 0) is 16.5 Å². The summed E-state index contributed by atoms with van der Waals surface area (Å²) in [5, 5.41) is 25.4. The number of nitrogens with one attached hydrogen (secondary N) is 1. The van der Waals surface area contributed by atoms with E-state index in [1.165, 1.54) is 12.1 Å². The van der Waals surface area contributed by atoms with E-state index in [0.29, 0.717) is 35.1 Å². The molecule has 202 valence electrons. The average Bonchev–Trinajstić information content (AvgIpc) is 2.89. The minimum absolute atomic E-state index is 0. The second-order valence-corrected chi connectivity index (χ2v) is 10.5. The molecule has 2 N–H and O–H groups in total. The fourth-order valence-electron chi connectivity index (χ4n) is 3.87. The van der Waals surface area contributed by atoms with Crippen LogP contribution in [-0.4, -0.2) is 25.5 Å². The molecule has 0 bridgehead atoms. The monoisotopic (exact) mass is 609 g/mol. The number of nitrogens with zero attached hydrogens (tertiary/aromatic N) is 2. The zero-order valence-electron chi connectivity index (χ0n) is 21.7. The van der Waals surface area contributed by atoms with Crippen LogP contribution in [0.25, 0.3) is 10.8 Å². The Morgan fingerprint density at radius 2 is 1.75 bits per heavy atom. The Morgan fingerprint density at radius 3 is 2.40 bits per heavy atom. The summed E-state index contributed by atoms with van der Waals surface area (Å²) in [4.78, 5) is 12.6. The average molecular weight is 610 g/mol. The Bertz CT molecular complexity index is 1730. The summed E-state index contributed by atoms with van der Waals surface area (Å²) in [5.41, 5.74) is 0.203. The molecule has 4 aromatic rings. The van der Waals surface area contributed by atoms with Gasteiger partial charge >= 0.3 is 29.6 Å². The van der Waals surface area contributed by atoms with Crippen molar-refractivity contribution >= 4 is 67.1 Å². The Kier molecular flexibility index (Phi) is 10.6. The Balaban J connectivity index is 0.00000441. The maximum absolute atomic E-state index is 13.5. The third-order valence-corrected chi connectivity index (χ3v) is 7.31. The minimum atomic E-state index is -4.71. The summed E-state index contributed by atoms with van der Waals surface area (Å²) in [7, 11) is -4.71. The van der Waals surface area contributed by atoms with Gasteiger partial charge in [-0.15, -0.1) is 5.11 Å². The van der Waals surface area contributed by atoms with Crippen LogP contribution in [0.2, 0.25) is 10.0 Å². The molecule has 0 aromatic heterocycles. The molecule has 0 saturated heterocycles. The first kappa shape index (κ1) is 31.8. The van der Waals surface area contributed by atoms with Crippen LogP contribution in [0.3, 0.4) is 0 Å². The topological polar surface area (TPSA) is 140 Å². The number of amides is 1. The van der Waals surface area contributed by atoms with Crippen molar-refractivity contribution in [3.05, 3.63) is 81.8 Å². The van der Waals surface area contributed by atoms with Crippen LogP contribution < -0.4 is 44.7 Å². The summed E-state index contributed by atoms with van der Waals surface area (Å²) in [6, 6.07) is 15.3. The summed E-state index contributed by atoms with van der Waals surface area (Å²) in [6.45, 7) is 4.07. The molecule has 13 heteroatoms. The van der Waals surface area contributed by atoms with E-state index in [0.717, 1.165) is 6.07 Å².